The van der Waals surface area contributed by atoms with E-state index < -0.39 is 0 Å². The SMILES string of the molecule is Cc1c(C(=O)N2CCCCC2C(C)N)cnn1Cc1ccccc1. The van der Waals surface area contributed by atoms with E-state index in [1.165, 1.54) is 5.56 Å². The van der Waals surface area contributed by atoms with Crippen molar-refractivity contribution in [3.8, 4) is 0 Å². The van der Waals surface area contributed by atoms with Crippen molar-refractivity contribution in [1.82, 2.24) is 14.7 Å². The maximum absolute atomic E-state index is 13.0. The monoisotopic (exact) mass is 326 g/mol. The summed E-state index contributed by atoms with van der Waals surface area (Å²) < 4.78 is 1.90. The molecule has 2 atom stereocenters. The van der Waals surface area contributed by atoms with Crippen LogP contribution in [0.5, 0.6) is 0 Å². The van der Waals surface area contributed by atoms with E-state index >= 15 is 0 Å². The Kier molecular flexibility index (Phi) is 5.00. The molecule has 1 aliphatic heterocycles. The van der Waals surface area contributed by atoms with Crippen LogP contribution in [0.15, 0.2) is 36.5 Å². The topological polar surface area (TPSA) is 64.2 Å². The number of carbonyl (C=O) groups is 1. The first-order valence-corrected chi connectivity index (χ1v) is 8.71. The molecule has 1 fully saturated rings. The van der Waals surface area contributed by atoms with Gasteiger partial charge in [0.2, 0.25) is 0 Å². The predicted molar refractivity (Wildman–Crippen MR) is 94.8 cm³/mol. The van der Waals surface area contributed by atoms with Gasteiger partial charge in [-0.1, -0.05) is 30.3 Å². The molecule has 0 spiro atoms. The van der Waals surface area contributed by atoms with Gasteiger partial charge in [-0.15, -0.1) is 0 Å². The summed E-state index contributed by atoms with van der Waals surface area (Å²) in [4.78, 5) is 15.0. The molecule has 2 aromatic rings. The van der Waals surface area contributed by atoms with E-state index in [2.05, 4.69) is 17.2 Å². The first-order chi connectivity index (χ1) is 11.6. The van der Waals surface area contributed by atoms with E-state index in [-0.39, 0.29) is 18.0 Å². The summed E-state index contributed by atoms with van der Waals surface area (Å²) in [6, 6.07) is 10.3. The summed E-state index contributed by atoms with van der Waals surface area (Å²) in [6.45, 7) is 5.42. The number of hydrogen-bond acceptors (Lipinski definition) is 3. The van der Waals surface area contributed by atoms with Gasteiger partial charge < -0.3 is 10.6 Å². The third-order valence-electron chi connectivity index (χ3n) is 4.93. The molecule has 1 aliphatic rings. The van der Waals surface area contributed by atoms with E-state index in [1.807, 2.05) is 41.6 Å². The van der Waals surface area contributed by atoms with Crippen molar-refractivity contribution >= 4 is 5.91 Å². The lowest BCUT2D eigenvalue weighted by Gasteiger charge is -2.38. The summed E-state index contributed by atoms with van der Waals surface area (Å²) in [5.74, 6) is 0.0637. The number of nitrogens with zero attached hydrogens (tertiary/aromatic N) is 3. The zero-order valence-corrected chi connectivity index (χ0v) is 14.5. The lowest BCUT2D eigenvalue weighted by molar-refractivity contribution is 0.0583. The van der Waals surface area contributed by atoms with Crippen LogP contribution in [-0.4, -0.2) is 39.2 Å². The van der Waals surface area contributed by atoms with E-state index in [9.17, 15) is 4.79 Å². The predicted octanol–water partition coefficient (Wildman–Crippen LogP) is 2.58. The molecule has 0 aliphatic carbocycles. The van der Waals surface area contributed by atoms with Crippen molar-refractivity contribution in [2.75, 3.05) is 6.54 Å². The average Bonchev–Trinajstić information content (AvgIpc) is 2.96. The van der Waals surface area contributed by atoms with Gasteiger partial charge >= 0.3 is 0 Å². The number of rotatable bonds is 4. The fourth-order valence-electron chi connectivity index (χ4n) is 3.48. The maximum Gasteiger partial charge on any atom is 0.257 e. The Morgan fingerprint density at radius 1 is 1.33 bits per heavy atom. The highest BCUT2D eigenvalue weighted by Crippen LogP contribution is 2.22. The molecule has 3 rings (SSSR count). The second-order valence-corrected chi connectivity index (χ2v) is 6.71. The summed E-state index contributed by atoms with van der Waals surface area (Å²) in [5.41, 5.74) is 8.89. The van der Waals surface area contributed by atoms with Gasteiger partial charge in [0.1, 0.15) is 0 Å². The van der Waals surface area contributed by atoms with E-state index in [0.29, 0.717) is 12.1 Å². The van der Waals surface area contributed by atoms with Gasteiger partial charge in [-0.05, 0) is 38.7 Å². The molecule has 0 saturated carbocycles. The molecule has 24 heavy (non-hydrogen) atoms. The van der Waals surface area contributed by atoms with Crippen LogP contribution in [-0.2, 0) is 6.54 Å². The smallest absolute Gasteiger partial charge is 0.257 e. The third-order valence-corrected chi connectivity index (χ3v) is 4.93. The van der Waals surface area contributed by atoms with Crippen LogP contribution in [0.2, 0.25) is 0 Å². The molecule has 1 saturated heterocycles. The van der Waals surface area contributed by atoms with Crippen molar-refractivity contribution in [2.24, 2.45) is 5.73 Å². The first-order valence-electron chi connectivity index (χ1n) is 8.71. The van der Waals surface area contributed by atoms with Gasteiger partial charge in [0.05, 0.1) is 18.3 Å². The fourth-order valence-corrected chi connectivity index (χ4v) is 3.48. The quantitative estimate of drug-likeness (QED) is 0.939. The zero-order chi connectivity index (χ0) is 17.1. The number of piperidine rings is 1. The lowest BCUT2D eigenvalue weighted by atomic mass is 9.96. The van der Waals surface area contributed by atoms with Gasteiger partial charge in [0.15, 0.2) is 0 Å². The Balaban J connectivity index is 1.80. The summed E-state index contributed by atoms with van der Waals surface area (Å²) in [7, 11) is 0. The molecule has 1 aromatic heterocycles. The second-order valence-electron chi connectivity index (χ2n) is 6.71. The number of amides is 1. The second kappa shape index (κ2) is 7.18. The molecule has 2 heterocycles. The van der Waals surface area contributed by atoms with Crippen LogP contribution in [0.4, 0.5) is 0 Å². The molecule has 5 heteroatoms. The summed E-state index contributed by atoms with van der Waals surface area (Å²) in [6.07, 6.45) is 4.88. The Morgan fingerprint density at radius 3 is 2.79 bits per heavy atom. The molecule has 5 nitrogen and oxygen atoms in total. The zero-order valence-electron chi connectivity index (χ0n) is 14.5. The van der Waals surface area contributed by atoms with Crippen molar-refractivity contribution in [2.45, 2.75) is 51.7 Å². The van der Waals surface area contributed by atoms with Crippen LogP contribution in [0.1, 0.15) is 47.8 Å². The van der Waals surface area contributed by atoms with Crippen LogP contribution < -0.4 is 5.73 Å². The number of carbonyl (C=O) groups excluding carboxylic acids is 1. The van der Waals surface area contributed by atoms with Gasteiger partial charge in [-0.3, -0.25) is 9.48 Å². The Hall–Kier alpha value is -2.14. The fraction of sp³-hybridized carbons (Fsp3) is 0.474. The normalized spacial score (nSPS) is 19.3. The highest BCUT2D eigenvalue weighted by atomic mass is 16.2. The standard InChI is InChI=1S/C19H26N4O/c1-14(20)18-10-6-7-11-22(18)19(24)17-12-21-23(15(17)2)13-16-8-4-3-5-9-16/h3-5,8-9,12,14,18H,6-7,10-11,13,20H2,1-2H3. The Bertz CT molecular complexity index is 693. The molecule has 0 bridgehead atoms. The molecule has 128 valence electrons. The number of hydrogen-bond donors (Lipinski definition) is 1. The van der Waals surface area contributed by atoms with E-state index in [1.54, 1.807) is 6.20 Å². The van der Waals surface area contributed by atoms with Crippen LogP contribution in [0.25, 0.3) is 0 Å². The van der Waals surface area contributed by atoms with E-state index in [0.717, 1.165) is 31.5 Å². The average molecular weight is 326 g/mol. The highest BCUT2D eigenvalue weighted by molar-refractivity contribution is 5.95. The molecule has 2 N–H and O–H groups in total. The lowest BCUT2D eigenvalue weighted by Crippen LogP contribution is -2.51. The number of benzene rings is 1. The van der Waals surface area contributed by atoms with Gasteiger partial charge in [-0.2, -0.15) is 5.10 Å². The first kappa shape index (κ1) is 16.7. The minimum absolute atomic E-state index is 0.00563. The summed E-state index contributed by atoms with van der Waals surface area (Å²) in [5, 5.41) is 4.43. The number of aromatic nitrogens is 2. The number of nitrogens with two attached hydrogens (primary N) is 1. The number of likely N-dealkylation sites (tertiary alicyclic amines) is 1. The largest absolute Gasteiger partial charge is 0.334 e. The van der Waals surface area contributed by atoms with Crippen LogP contribution in [0.3, 0.4) is 0 Å². The van der Waals surface area contributed by atoms with Crippen LogP contribution >= 0.6 is 0 Å². The van der Waals surface area contributed by atoms with Gasteiger partial charge in [0.25, 0.3) is 5.91 Å². The highest BCUT2D eigenvalue weighted by Gasteiger charge is 2.31. The van der Waals surface area contributed by atoms with Crippen molar-refractivity contribution < 1.29 is 4.79 Å². The Labute approximate surface area is 143 Å². The maximum atomic E-state index is 13.0. The van der Waals surface area contributed by atoms with E-state index in [4.69, 9.17) is 5.73 Å². The van der Waals surface area contributed by atoms with Crippen molar-refractivity contribution in [1.29, 1.82) is 0 Å². The third kappa shape index (κ3) is 3.36. The molecule has 2 unspecified atom stereocenters. The van der Waals surface area contributed by atoms with Crippen LogP contribution in [0, 0.1) is 6.92 Å². The van der Waals surface area contributed by atoms with Gasteiger partial charge in [0, 0.05) is 24.3 Å². The van der Waals surface area contributed by atoms with Crippen molar-refractivity contribution in [3.63, 3.8) is 0 Å². The molecular weight excluding hydrogens is 300 g/mol. The molecule has 0 radical (unpaired) electrons. The molecule has 1 amide bonds. The summed E-state index contributed by atoms with van der Waals surface area (Å²) >= 11 is 0. The Morgan fingerprint density at radius 2 is 2.08 bits per heavy atom. The van der Waals surface area contributed by atoms with Gasteiger partial charge in [-0.25, -0.2) is 0 Å². The molecule has 1 aromatic carbocycles. The van der Waals surface area contributed by atoms with Crippen molar-refractivity contribution in [3.05, 3.63) is 53.3 Å². The minimum atomic E-state index is -0.00563. The minimum Gasteiger partial charge on any atom is -0.334 e. The molecular formula is C19H26N4O.